The molecule has 0 heterocycles. The molecular formula is C15H15F4NO. The van der Waals surface area contributed by atoms with E-state index < -0.39 is 29.0 Å². The number of benzene rings is 1. The minimum absolute atomic E-state index is 0.0621. The fourth-order valence-corrected chi connectivity index (χ4v) is 2.43. The van der Waals surface area contributed by atoms with Crippen LogP contribution in [0.25, 0.3) is 0 Å². The van der Waals surface area contributed by atoms with E-state index in [4.69, 9.17) is 0 Å². The van der Waals surface area contributed by atoms with Gasteiger partial charge in [0.05, 0.1) is 11.1 Å². The third-order valence-corrected chi connectivity index (χ3v) is 3.93. The number of rotatable bonds is 4. The molecule has 2 saturated carbocycles. The first-order valence-corrected chi connectivity index (χ1v) is 7.04. The van der Waals surface area contributed by atoms with Crippen LogP contribution in [0.4, 0.5) is 17.6 Å². The molecule has 0 spiro atoms. The first kappa shape index (κ1) is 14.4. The van der Waals surface area contributed by atoms with E-state index in [1.54, 1.807) is 4.90 Å². The SMILES string of the molecule is O=C(c1cccc(C(F)(F)F)c1F)N(CC1CC1)C1CC1. The quantitative estimate of drug-likeness (QED) is 0.773. The minimum atomic E-state index is -4.79. The van der Waals surface area contributed by atoms with Gasteiger partial charge in [-0.15, -0.1) is 0 Å². The van der Waals surface area contributed by atoms with Crippen molar-refractivity contribution in [2.45, 2.75) is 37.9 Å². The number of carbonyl (C=O) groups is 1. The third-order valence-electron chi connectivity index (χ3n) is 3.93. The van der Waals surface area contributed by atoms with Crippen LogP contribution < -0.4 is 0 Å². The molecule has 2 fully saturated rings. The molecule has 2 aliphatic carbocycles. The van der Waals surface area contributed by atoms with Crippen LogP contribution in [0.1, 0.15) is 41.6 Å². The van der Waals surface area contributed by atoms with Gasteiger partial charge >= 0.3 is 6.18 Å². The van der Waals surface area contributed by atoms with Crippen LogP contribution in [0.15, 0.2) is 18.2 Å². The van der Waals surface area contributed by atoms with E-state index in [1.807, 2.05) is 0 Å². The summed E-state index contributed by atoms with van der Waals surface area (Å²) < 4.78 is 52.2. The summed E-state index contributed by atoms with van der Waals surface area (Å²) in [7, 11) is 0. The molecule has 3 rings (SSSR count). The van der Waals surface area contributed by atoms with Gasteiger partial charge in [0.15, 0.2) is 0 Å². The summed E-state index contributed by atoms with van der Waals surface area (Å²) in [4.78, 5) is 14.0. The van der Waals surface area contributed by atoms with Gasteiger partial charge in [-0.25, -0.2) is 4.39 Å². The monoisotopic (exact) mass is 301 g/mol. The Balaban J connectivity index is 1.89. The molecule has 0 radical (unpaired) electrons. The average molecular weight is 301 g/mol. The standard InChI is InChI=1S/C15H15F4NO/c16-13-11(2-1-3-12(13)15(17,18)19)14(21)20(10-6-7-10)8-9-4-5-9/h1-3,9-10H,4-8H2. The molecular weight excluding hydrogens is 286 g/mol. The molecule has 2 aliphatic rings. The van der Waals surface area contributed by atoms with Crippen molar-refractivity contribution < 1.29 is 22.4 Å². The van der Waals surface area contributed by atoms with Crippen LogP contribution in [0, 0.1) is 11.7 Å². The molecule has 1 aromatic carbocycles. The number of halogens is 4. The maximum atomic E-state index is 14.0. The zero-order valence-corrected chi connectivity index (χ0v) is 11.3. The first-order valence-electron chi connectivity index (χ1n) is 7.04. The summed E-state index contributed by atoms with van der Waals surface area (Å²) in [6.45, 7) is 0.527. The Labute approximate surface area is 119 Å². The molecule has 6 heteroatoms. The minimum Gasteiger partial charge on any atom is -0.335 e. The summed E-state index contributed by atoms with van der Waals surface area (Å²) in [5, 5.41) is 0. The Morgan fingerprint density at radius 2 is 1.86 bits per heavy atom. The second-order valence-corrected chi connectivity index (χ2v) is 5.80. The van der Waals surface area contributed by atoms with E-state index in [0.717, 1.165) is 37.8 Å². The second kappa shape index (κ2) is 5.00. The number of hydrogen-bond acceptors (Lipinski definition) is 1. The number of carbonyl (C=O) groups excluding carboxylic acids is 1. The fourth-order valence-electron chi connectivity index (χ4n) is 2.43. The average Bonchev–Trinajstić information content (AvgIpc) is 3.25. The van der Waals surface area contributed by atoms with E-state index in [0.29, 0.717) is 18.5 Å². The molecule has 21 heavy (non-hydrogen) atoms. The highest BCUT2D eigenvalue weighted by molar-refractivity contribution is 5.95. The molecule has 1 amide bonds. The van der Waals surface area contributed by atoms with Crippen molar-refractivity contribution in [2.75, 3.05) is 6.54 Å². The lowest BCUT2D eigenvalue weighted by Gasteiger charge is -2.23. The highest BCUT2D eigenvalue weighted by Gasteiger charge is 2.40. The lowest BCUT2D eigenvalue weighted by molar-refractivity contribution is -0.140. The maximum Gasteiger partial charge on any atom is 0.419 e. The number of amides is 1. The van der Waals surface area contributed by atoms with E-state index in [-0.39, 0.29) is 6.04 Å². The molecule has 0 aromatic heterocycles. The molecule has 0 unspecified atom stereocenters. The summed E-state index contributed by atoms with van der Waals surface area (Å²) in [5.41, 5.74) is -1.85. The number of alkyl halides is 3. The van der Waals surface area contributed by atoms with E-state index in [1.165, 1.54) is 0 Å². The Morgan fingerprint density at radius 3 is 2.38 bits per heavy atom. The van der Waals surface area contributed by atoms with Crippen molar-refractivity contribution >= 4 is 5.91 Å². The van der Waals surface area contributed by atoms with Crippen LogP contribution >= 0.6 is 0 Å². The van der Waals surface area contributed by atoms with Crippen LogP contribution in [0.3, 0.4) is 0 Å². The summed E-state index contributed by atoms with van der Waals surface area (Å²) in [6, 6.07) is 2.94. The highest BCUT2D eigenvalue weighted by atomic mass is 19.4. The van der Waals surface area contributed by atoms with Crippen molar-refractivity contribution in [3.8, 4) is 0 Å². The van der Waals surface area contributed by atoms with Crippen molar-refractivity contribution in [2.24, 2.45) is 5.92 Å². The molecule has 0 bridgehead atoms. The number of nitrogens with zero attached hydrogens (tertiary/aromatic N) is 1. The lowest BCUT2D eigenvalue weighted by atomic mass is 10.1. The molecule has 0 atom stereocenters. The van der Waals surface area contributed by atoms with Crippen LogP contribution in [0.2, 0.25) is 0 Å². The third kappa shape index (κ3) is 3.04. The summed E-state index contributed by atoms with van der Waals surface area (Å²) in [6.07, 6.45) is -1.04. The van der Waals surface area contributed by atoms with Gasteiger partial charge in [0.1, 0.15) is 5.82 Å². The van der Waals surface area contributed by atoms with Gasteiger partial charge in [-0.3, -0.25) is 4.79 Å². The molecule has 2 nitrogen and oxygen atoms in total. The molecule has 1 aromatic rings. The van der Waals surface area contributed by atoms with Crippen LogP contribution in [-0.2, 0) is 6.18 Å². The maximum absolute atomic E-state index is 14.0. The van der Waals surface area contributed by atoms with Gasteiger partial charge in [0.25, 0.3) is 5.91 Å². The van der Waals surface area contributed by atoms with Gasteiger partial charge in [0, 0.05) is 12.6 Å². The van der Waals surface area contributed by atoms with E-state index in [2.05, 4.69) is 0 Å². The Morgan fingerprint density at radius 1 is 1.19 bits per heavy atom. The van der Waals surface area contributed by atoms with E-state index >= 15 is 0 Å². The van der Waals surface area contributed by atoms with Crippen molar-refractivity contribution in [1.82, 2.24) is 4.90 Å². The predicted octanol–water partition coefficient (Wildman–Crippen LogP) is 3.86. The van der Waals surface area contributed by atoms with Gasteiger partial charge in [0.2, 0.25) is 0 Å². The summed E-state index contributed by atoms with van der Waals surface area (Å²) in [5.74, 6) is -1.66. The predicted molar refractivity (Wildman–Crippen MR) is 68.2 cm³/mol. The Kier molecular flexibility index (Phi) is 3.42. The fraction of sp³-hybridized carbons (Fsp3) is 0.533. The molecule has 0 saturated heterocycles. The van der Waals surface area contributed by atoms with Crippen LogP contribution in [-0.4, -0.2) is 23.4 Å². The second-order valence-electron chi connectivity index (χ2n) is 5.80. The first-order chi connectivity index (χ1) is 9.88. The van der Waals surface area contributed by atoms with E-state index in [9.17, 15) is 22.4 Å². The van der Waals surface area contributed by atoms with Crippen molar-refractivity contribution in [3.63, 3.8) is 0 Å². The zero-order chi connectivity index (χ0) is 15.2. The van der Waals surface area contributed by atoms with Gasteiger partial charge in [-0.2, -0.15) is 13.2 Å². The molecule has 114 valence electrons. The summed E-state index contributed by atoms with van der Waals surface area (Å²) >= 11 is 0. The highest BCUT2D eigenvalue weighted by Crippen LogP contribution is 2.37. The molecule has 0 aliphatic heterocycles. The Hall–Kier alpha value is -1.59. The van der Waals surface area contributed by atoms with Crippen molar-refractivity contribution in [3.05, 3.63) is 35.1 Å². The van der Waals surface area contributed by atoms with Gasteiger partial charge in [-0.05, 0) is 43.7 Å². The van der Waals surface area contributed by atoms with Crippen molar-refractivity contribution in [1.29, 1.82) is 0 Å². The van der Waals surface area contributed by atoms with Gasteiger partial charge < -0.3 is 4.90 Å². The van der Waals surface area contributed by atoms with Crippen LogP contribution in [0.5, 0.6) is 0 Å². The normalized spacial score (nSPS) is 18.7. The smallest absolute Gasteiger partial charge is 0.335 e. The van der Waals surface area contributed by atoms with Gasteiger partial charge in [-0.1, -0.05) is 6.07 Å². The Bertz CT molecular complexity index is 561. The molecule has 0 N–H and O–H groups in total. The largest absolute Gasteiger partial charge is 0.419 e. The topological polar surface area (TPSA) is 20.3 Å². The number of hydrogen-bond donors (Lipinski definition) is 0. The zero-order valence-electron chi connectivity index (χ0n) is 11.3. The lowest BCUT2D eigenvalue weighted by Crippen LogP contribution is -2.35.